The molecule has 15 nitrogen and oxygen atoms in total. The highest BCUT2D eigenvalue weighted by Crippen LogP contribution is 2.34. The Hall–Kier alpha value is -3.78. The number of benzene rings is 1. The maximum absolute atomic E-state index is 12.1. The minimum absolute atomic E-state index is 0.0309. The van der Waals surface area contributed by atoms with Gasteiger partial charge in [-0.25, -0.2) is 18.9 Å². The number of carbonyl (C=O) groups excluding carboxylic acids is 4. The Labute approximate surface area is 189 Å². The number of carbonyl (C=O) groups is 4. The first kappa shape index (κ1) is 24.9. The van der Waals surface area contributed by atoms with E-state index in [0.29, 0.717) is 16.0 Å². The summed E-state index contributed by atoms with van der Waals surface area (Å²) < 4.78 is 24.5. The molecule has 3 rings (SSSR count). The molecule has 2 heterocycles. The molecule has 1 aliphatic rings. The van der Waals surface area contributed by atoms with Crippen molar-refractivity contribution in [3.8, 4) is 0 Å². The van der Waals surface area contributed by atoms with Crippen LogP contribution >= 0.6 is 7.82 Å². The summed E-state index contributed by atoms with van der Waals surface area (Å²) in [6, 6.07) is 6.00. The number of hydroxylamine groups is 2. The van der Waals surface area contributed by atoms with Gasteiger partial charge in [-0.3, -0.25) is 19.4 Å². The van der Waals surface area contributed by atoms with Gasteiger partial charge < -0.3 is 29.1 Å². The topological polar surface area (TPSA) is 211 Å². The van der Waals surface area contributed by atoms with Gasteiger partial charge in [-0.05, 0) is 23.8 Å². The van der Waals surface area contributed by atoms with Crippen molar-refractivity contribution in [2.75, 3.05) is 6.73 Å². The van der Waals surface area contributed by atoms with Gasteiger partial charge in [0, 0.05) is 24.8 Å². The first-order valence-corrected chi connectivity index (χ1v) is 11.0. The lowest BCUT2D eigenvalue weighted by Gasteiger charge is -2.13. The summed E-state index contributed by atoms with van der Waals surface area (Å²) in [5.74, 6) is -1.22. The van der Waals surface area contributed by atoms with Crippen LogP contribution in [0.5, 0.6) is 0 Å². The lowest BCUT2D eigenvalue weighted by Crippen LogP contribution is -2.36. The van der Waals surface area contributed by atoms with Crippen LogP contribution in [0.25, 0.3) is 11.0 Å². The number of amides is 4. The summed E-state index contributed by atoms with van der Waals surface area (Å²) in [6.07, 6.45) is -2.17. The number of fused-ring (bicyclic) bond motifs is 1. The Morgan fingerprint density at radius 3 is 2.44 bits per heavy atom. The van der Waals surface area contributed by atoms with E-state index in [9.17, 15) is 28.5 Å². The quantitative estimate of drug-likeness (QED) is 0.168. The Kier molecular flexibility index (Phi) is 7.63. The van der Waals surface area contributed by atoms with Gasteiger partial charge in [-0.15, -0.1) is 5.06 Å². The van der Waals surface area contributed by atoms with E-state index in [1.165, 1.54) is 12.1 Å². The maximum Gasteiger partial charge on any atom is 0.471 e. The molecule has 182 valence electrons. The number of nitrogens with one attached hydrogen (secondary N) is 2. The smallest absolute Gasteiger partial charge is 0.444 e. The molecule has 0 bridgehead atoms. The number of hydrogen-bond donors (Lipinski definition) is 4. The normalized spacial score (nSPS) is 13.8. The number of imide groups is 1. The molecule has 4 amide bonds. The largest absolute Gasteiger partial charge is 0.471 e. The molecule has 16 heteroatoms. The second-order valence-corrected chi connectivity index (χ2v) is 8.00. The van der Waals surface area contributed by atoms with Crippen molar-refractivity contribution in [3.63, 3.8) is 0 Å². The summed E-state index contributed by atoms with van der Waals surface area (Å²) in [4.78, 5) is 80.2. The van der Waals surface area contributed by atoms with E-state index in [4.69, 9.17) is 23.8 Å². The Morgan fingerprint density at radius 2 is 1.76 bits per heavy atom. The minimum Gasteiger partial charge on any atom is -0.444 e. The molecule has 34 heavy (non-hydrogen) atoms. The number of ether oxygens (including phenoxy) is 1. The van der Waals surface area contributed by atoms with E-state index in [1.54, 1.807) is 12.1 Å². The third-order valence-corrected chi connectivity index (χ3v) is 4.76. The van der Waals surface area contributed by atoms with Crippen LogP contribution in [0.15, 0.2) is 33.5 Å². The molecular weight excluding hydrogens is 481 g/mol. The van der Waals surface area contributed by atoms with Crippen LogP contribution in [0.4, 0.5) is 9.59 Å². The minimum atomic E-state index is -4.77. The van der Waals surface area contributed by atoms with E-state index in [1.807, 2.05) is 5.32 Å². The zero-order valence-electron chi connectivity index (χ0n) is 17.2. The Morgan fingerprint density at radius 1 is 1.06 bits per heavy atom. The van der Waals surface area contributed by atoms with Gasteiger partial charge in [0.2, 0.25) is 0 Å². The van der Waals surface area contributed by atoms with Crippen molar-refractivity contribution >= 4 is 42.8 Å². The van der Waals surface area contributed by atoms with Gasteiger partial charge in [0.25, 0.3) is 11.8 Å². The van der Waals surface area contributed by atoms with Crippen molar-refractivity contribution in [1.29, 1.82) is 0 Å². The second-order valence-electron chi connectivity index (χ2n) is 6.76. The molecule has 4 N–H and O–H groups in total. The highest BCUT2D eigenvalue weighted by atomic mass is 31.2. The third kappa shape index (κ3) is 6.86. The molecule has 1 saturated heterocycles. The molecule has 1 aromatic carbocycles. The number of rotatable bonds is 8. The summed E-state index contributed by atoms with van der Waals surface area (Å²) in [6.45, 7) is -1.36. The fourth-order valence-electron chi connectivity index (χ4n) is 2.74. The van der Waals surface area contributed by atoms with Gasteiger partial charge in [0.1, 0.15) is 18.9 Å². The molecule has 1 aliphatic heterocycles. The van der Waals surface area contributed by atoms with Crippen molar-refractivity contribution in [3.05, 3.63) is 45.8 Å². The Bertz CT molecular complexity index is 1220. The number of phosphoric ester groups is 1. The zero-order chi connectivity index (χ0) is 24.9. The van der Waals surface area contributed by atoms with Crippen LogP contribution in [0.1, 0.15) is 24.0 Å². The molecule has 0 atom stereocenters. The Balaban J connectivity index is 1.58. The highest BCUT2D eigenvalue weighted by Gasteiger charge is 2.32. The average Bonchev–Trinajstić information content (AvgIpc) is 3.07. The first-order chi connectivity index (χ1) is 16.0. The van der Waals surface area contributed by atoms with E-state index in [2.05, 4.69) is 9.84 Å². The summed E-state index contributed by atoms with van der Waals surface area (Å²) in [5.41, 5.74) is -0.0419. The second kappa shape index (κ2) is 10.4. The third-order valence-electron chi connectivity index (χ3n) is 4.29. The van der Waals surface area contributed by atoms with E-state index in [0.717, 1.165) is 0 Å². The van der Waals surface area contributed by atoms with Crippen LogP contribution < -0.4 is 16.3 Å². The van der Waals surface area contributed by atoms with E-state index < -0.39 is 50.8 Å². The molecule has 0 aliphatic carbocycles. The number of nitrogens with zero attached hydrogens (tertiary/aromatic N) is 1. The van der Waals surface area contributed by atoms with Crippen molar-refractivity contribution in [1.82, 2.24) is 15.7 Å². The average molecular weight is 499 g/mol. The predicted octanol–water partition coefficient (Wildman–Crippen LogP) is 0.376. The van der Waals surface area contributed by atoms with Crippen LogP contribution in [0.2, 0.25) is 0 Å². The number of hydrogen-bond acceptors (Lipinski definition) is 10. The van der Waals surface area contributed by atoms with Crippen LogP contribution in [0.3, 0.4) is 0 Å². The zero-order valence-corrected chi connectivity index (χ0v) is 18.1. The van der Waals surface area contributed by atoms with Gasteiger partial charge in [-0.2, -0.15) is 0 Å². The van der Waals surface area contributed by atoms with Crippen molar-refractivity contribution in [2.24, 2.45) is 0 Å². The molecule has 0 unspecified atom stereocenters. The lowest BCUT2D eigenvalue weighted by molar-refractivity contribution is -0.171. The highest BCUT2D eigenvalue weighted by molar-refractivity contribution is 7.46. The fourth-order valence-corrected chi connectivity index (χ4v) is 2.98. The maximum atomic E-state index is 12.1. The van der Waals surface area contributed by atoms with E-state index >= 15 is 0 Å². The lowest BCUT2D eigenvalue weighted by atomic mass is 10.1. The predicted molar refractivity (Wildman–Crippen MR) is 108 cm³/mol. The number of alkyl carbamates (subject to hydrolysis) is 1. The van der Waals surface area contributed by atoms with E-state index in [-0.39, 0.29) is 30.5 Å². The molecular formula is C18H18N3O12P. The molecule has 0 spiro atoms. The molecule has 0 radical (unpaired) electrons. The van der Waals surface area contributed by atoms with Crippen LogP contribution in [-0.4, -0.2) is 45.6 Å². The van der Waals surface area contributed by atoms with Crippen molar-refractivity contribution in [2.45, 2.75) is 26.0 Å². The van der Waals surface area contributed by atoms with Gasteiger partial charge >= 0.3 is 25.6 Å². The fraction of sp³-hybridized carbons (Fsp3) is 0.278. The van der Waals surface area contributed by atoms with Gasteiger partial charge in [0.05, 0.1) is 5.56 Å². The summed E-state index contributed by atoms with van der Waals surface area (Å²) in [7, 11) is -4.77. The van der Waals surface area contributed by atoms with Crippen LogP contribution in [-0.2, 0) is 41.4 Å². The van der Waals surface area contributed by atoms with Gasteiger partial charge in [0.15, 0.2) is 0 Å². The summed E-state index contributed by atoms with van der Waals surface area (Å²) >= 11 is 0. The summed E-state index contributed by atoms with van der Waals surface area (Å²) in [5, 5.41) is 5.15. The molecule has 1 fully saturated rings. The molecule has 0 saturated carbocycles. The standard InChI is InChI=1S/C18H18N3O12P/c22-14-3-4-15(23)21(14)33-18(26)19-7-10-1-2-13-11(5-10)6-12(16(24)32-13)8-30-17(25)20-9-31-34(27,28)29/h1-2,5-6H,3-4,7-9H2,(H,19,26)(H,20,25)(H2,27,28,29). The SMILES string of the molecule is O=C(NCOP(=O)(O)O)OCc1cc2cc(CNC(=O)ON3C(=O)CCC3=O)ccc2oc1=O. The van der Waals surface area contributed by atoms with Gasteiger partial charge in [-0.1, -0.05) is 6.07 Å². The molecule has 2 aromatic rings. The first-order valence-electron chi connectivity index (χ1n) is 9.50. The molecule has 1 aromatic heterocycles. The van der Waals surface area contributed by atoms with Crippen molar-refractivity contribution < 1.29 is 52.0 Å². The van der Waals surface area contributed by atoms with Crippen LogP contribution in [0, 0.1) is 0 Å². The number of phosphoric acid groups is 1. The monoisotopic (exact) mass is 499 g/mol.